The predicted octanol–water partition coefficient (Wildman–Crippen LogP) is 4.79. The van der Waals surface area contributed by atoms with Crippen molar-refractivity contribution in [1.82, 2.24) is 0 Å². The van der Waals surface area contributed by atoms with Crippen LogP contribution in [-0.4, -0.2) is 5.54 Å². The summed E-state index contributed by atoms with van der Waals surface area (Å²) in [6.45, 7) is 2.28. The topological polar surface area (TPSA) is 26.0 Å². The lowest BCUT2D eigenvalue weighted by molar-refractivity contribution is 0.331. The molecule has 0 radical (unpaired) electrons. The number of hydrogen-bond donors (Lipinski definition) is 1. The van der Waals surface area contributed by atoms with E-state index >= 15 is 0 Å². The number of hydrogen-bond acceptors (Lipinski definition) is 1. The van der Waals surface area contributed by atoms with Gasteiger partial charge in [0.15, 0.2) is 0 Å². The highest BCUT2D eigenvalue weighted by atomic mass is 14.7. The molecule has 0 aliphatic heterocycles. The Bertz CT molecular complexity index is 157. The van der Waals surface area contributed by atoms with Crippen LogP contribution < -0.4 is 5.73 Å². The predicted molar refractivity (Wildman–Crippen MR) is 72.6 cm³/mol. The molecule has 16 heavy (non-hydrogen) atoms. The van der Waals surface area contributed by atoms with Crippen molar-refractivity contribution in [3.8, 4) is 0 Å². The fourth-order valence-electron chi connectivity index (χ4n) is 2.94. The molecular weight excluding hydrogens is 194 g/mol. The number of unbranched alkanes of at least 4 members (excludes halogenated alkanes) is 5. The van der Waals surface area contributed by atoms with Gasteiger partial charge in [-0.1, -0.05) is 71.1 Å². The summed E-state index contributed by atoms with van der Waals surface area (Å²) in [5, 5.41) is 0. The van der Waals surface area contributed by atoms with Crippen LogP contribution >= 0.6 is 0 Å². The average molecular weight is 225 g/mol. The Morgan fingerprint density at radius 1 is 0.812 bits per heavy atom. The molecule has 0 aromatic carbocycles. The lowest BCUT2D eigenvalue weighted by atomic mass is 9.86. The van der Waals surface area contributed by atoms with Crippen LogP contribution in [0.2, 0.25) is 0 Å². The lowest BCUT2D eigenvalue weighted by Crippen LogP contribution is -2.38. The van der Waals surface area contributed by atoms with Gasteiger partial charge in [-0.3, -0.25) is 0 Å². The Morgan fingerprint density at radius 3 is 2.00 bits per heavy atom. The first-order valence-electron chi connectivity index (χ1n) is 7.56. The summed E-state index contributed by atoms with van der Waals surface area (Å²) in [6, 6.07) is 0. The third-order valence-corrected chi connectivity index (χ3v) is 4.13. The van der Waals surface area contributed by atoms with Crippen LogP contribution in [0, 0.1) is 0 Å². The zero-order chi connectivity index (χ0) is 11.7. The molecule has 1 rings (SSSR count). The van der Waals surface area contributed by atoms with E-state index in [1.807, 2.05) is 0 Å². The van der Waals surface area contributed by atoms with Crippen LogP contribution in [0.1, 0.15) is 90.4 Å². The molecule has 2 N–H and O–H groups in total. The molecule has 0 amide bonds. The minimum Gasteiger partial charge on any atom is -0.325 e. The summed E-state index contributed by atoms with van der Waals surface area (Å²) in [5.74, 6) is 0. The van der Waals surface area contributed by atoms with Crippen molar-refractivity contribution in [1.29, 1.82) is 0 Å². The molecule has 0 saturated heterocycles. The minimum absolute atomic E-state index is 0.210. The monoisotopic (exact) mass is 225 g/mol. The van der Waals surface area contributed by atoms with E-state index in [0.717, 1.165) is 0 Å². The zero-order valence-electron chi connectivity index (χ0n) is 11.3. The second-order valence-corrected chi connectivity index (χ2v) is 5.79. The average Bonchev–Trinajstić information content (AvgIpc) is 2.49. The molecule has 0 aromatic rings. The van der Waals surface area contributed by atoms with Gasteiger partial charge < -0.3 is 5.73 Å². The molecule has 96 valence electrons. The zero-order valence-corrected chi connectivity index (χ0v) is 11.3. The Hall–Kier alpha value is -0.0400. The molecule has 0 heterocycles. The van der Waals surface area contributed by atoms with Crippen LogP contribution in [0.15, 0.2) is 0 Å². The van der Waals surface area contributed by atoms with Crippen molar-refractivity contribution in [2.45, 2.75) is 95.9 Å². The second-order valence-electron chi connectivity index (χ2n) is 5.79. The molecule has 1 fully saturated rings. The molecule has 1 heteroatoms. The molecule has 0 unspecified atom stereocenters. The molecule has 0 spiro atoms. The van der Waals surface area contributed by atoms with Crippen molar-refractivity contribution in [2.75, 3.05) is 0 Å². The van der Waals surface area contributed by atoms with Crippen molar-refractivity contribution in [2.24, 2.45) is 5.73 Å². The first-order chi connectivity index (χ1) is 7.77. The van der Waals surface area contributed by atoms with E-state index < -0.39 is 0 Å². The Kier molecular flexibility index (Phi) is 7.11. The SMILES string of the molecule is CCCCCCCCC1(N)CCCCCC1. The molecule has 1 aliphatic carbocycles. The third kappa shape index (κ3) is 5.89. The maximum atomic E-state index is 6.50. The second kappa shape index (κ2) is 8.11. The van der Waals surface area contributed by atoms with Crippen LogP contribution in [0.25, 0.3) is 0 Å². The van der Waals surface area contributed by atoms with Gasteiger partial charge in [-0.05, 0) is 19.3 Å². The van der Waals surface area contributed by atoms with Crippen LogP contribution in [0.4, 0.5) is 0 Å². The summed E-state index contributed by atoms with van der Waals surface area (Å²) in [7, 11) is 0. The van der Waals surface area contributed by atoms with Crippen molar-refractivity contribution in [3.63, 3.8) is 0 Å². The van der Waals surface area contributed by atoms with Crippen LogP contribution in [0.3, 0.4) is 0 Å². The maximum absolute atomic E-state index is 6.50. The summed E-state index contributed by atoms with van der Waals surface area (Å²) >= 11 is 0. The van der Waals surface area contributed by atoms with E-state index in [-0.39, 0.29) is 5.54 Å². The summed E-state index contributed by atoms with van der Waals surface area (Å²) in [4.78, 5) is 0. The molecular formula is C15H31N. The Morgan fingerprint density at radius 2 is 1.38 bits per heavy atom. The first kappa shape index (κ1) is 14.0. The largest absolute Gasteiger partial charge is 0.325 e. The minimum atomic E-state index is 0.210. The van der Waals surface area contributed by atoms with Gasteiger partial charge >= 0.3 is 0 Å². The van der Waals surface area contributed by atoms with E-state index in [0.29, 0.717) is 0 Å². The van der Waals surface area contributed by atoms with E-state index in [9.17, 15) is 0 Å². The summed E-state index contributed by atoms with van der Waals surface area (Å²) < 4.78 is 0. The van der Waals surface area contributed by atoms with Crippen molar-refractivity contribution >= 4 is 0 Å². The number of nitrogens with two attached hydrogens (primary N) is 1. The van der Waals surface area contributed by atoms with Crippen molar-refractivity contribution in [3.05, 3.63) is 0 Å². The van der Waals surface area contributed by atoms with E-state index in [1.54, 1.807) is 0 Å². The van der Waals surface area contributed by atoms with Gasteiger partial charge in [-0.25, -0.2) is 0 Å². The molecule has 1 saturated carbocycles. The summed E-state index contributed by atoms with van der Waals surface area (Å²) in [5.41, 5.74) is 6.71. The molecule has 1 aliphatic rings. The fourth-order valence-corrected chi connectivity index (χ4v) is 2.94. The van der Waals surface area contributed by atoms with Gasteiger partial charge in [-0.15, -0.1) is 0 Å². The van der Waals surface area contributed by atoms with Crippen molar-refractivity contribution < 1.29 is 0 Å². The number of rotatable bonds is 7. The quantitative estimate of drug-likeness (QED) is 0.489. The van der Waals surface area contributed by atoms with Gasteiger partial charge in [0.1, 0.15) is 0 Å². The van der Waals surface area contributed by atoms with E-state index in [1.165, 1.54) is 83.5 Å². The Labute approximate surface area is 102 Å². The van der Waals surface area contributed by atoms with Gasteiger partial charge in [-0.2, -0.15) is 0 Å². The molecule has 0 aromatic heterocycles. The highest BCUT2D eigenvalue weighted by molar-refractivity contribution is 4.85. The van der Waals surface area contributed by atoms with Gasteiger partial charge in [0.05, 0.1) is 0 Å². The highest BCUT2D eigenvalue weighted by Crippen LogP contribution is 2.29. The lowest BCUT2D eigenvalue weighted by Gasteiger charge is -2.28. The van der Waals surface area contributed by atoms with Crippen LogP contribution in [-0.2, 0) is 0 Å². The van der Waals surface area contributed by atoms with E-state index in [4.69, 9.17) is 5.73 Å². The van der Waals surface area contributed by atoms with Gasteiger partial charge in [0, 0.05) is 5.54 Å². The molecule has 0 bridgehead atoms. The normalized spacial score (nSPS) is 20.6. The maximum Gasteiger partial charge on any atom is 0.0154 e. The third-order valence-electron chi connectivity index (χ3n) is 4.13. The van der Waals surface area contributed by atoms with Gasteiger partial charge in [0.2, 0.25) is 0 Å². The molecule has 0 atom stereocenters. The standard InChI is InChI=1S/C15H31N/c1-2-3-4-5-6-9-12-15(16)13-10-7-8-11-14-15/h2-14,16H2,1H3. The van der Waals surface area contributed by atoms with Gasteiger partial charge in [0.25, 0.3) is 0 Å². The molecule has 1 nitrogen and oxygen atoms in total. The van der Waals surface area contributed by atoms with E-state index in [2.05, 4.69) is 6.92 Å². The van der Waals surface area contributed by atoms with Crippen LogP contribution in [0.5, 0.6) is 0 Å². The first-order valence-corrected chi connectivity index (χ1v) is 7.56. The highest BCUT2D eigenvalue weighted by Gasteiger charge is 2.25. The fraction of sp³-hybridized carbons (Fsp3) is 1.00. The summed E-state index contributed by atoms with van der Waals surface area (Å²) in [6.07, 6.45) is 17.8. The Balaban J connectivity index is 2.05. The smallest absolute Gasteiger partial charge is 0.0154 e.